The highest BCUT2D eigenvalue weighted by molar-refractivity contribution is 5.94. The van der Waals surface area contributed by atoms with Crippen LogP contribution >= 0.6 is 0 Å². The fourth-order valence-electron chi connectivity index (χ4n) is 2.76. The van der Waals surface area contributed by atoms with Crippen LogP contribution in [0.1, 0.15) is 40.0 Å². The molecule has 0 aliphatic rings. The van der Waals surface area contributed by atoms with E-state index in [9.17, 15) is 29.1 Å². The van der Waals surface area contributed by atoms with Gasteiger partial charge in [-0.2, -0.15) is 0 Å². The van der Waals surface area contributed by atoms with E-state index in [0.29, 0.717) is 19.4 Å². The Hall–Kier alpha value is -3.26. The van der Waals surface area contributed by atoms with Gasteiger partial charge < -0.3 is 43.2 Å². The molecule has 5 atom stereocenters. The zero-order valence-electron chi connectivity index (χ0n) is 19.8. The first kappa shape index (κ1) is 30.7. The van der Waals surface area contributed by atoms with Crippen LogP contribution in [0.3, 0.4) is 0 Å². The minimum atomic E-state index is -1.40. The van der Waals surface area contributed by atoms with Crippen molar-refractivity contribution >= 4 is 35.9 Å². The SMILES string of the molecule is CC[C@H](C)[C@H](NC(=O)[C@@H](N)CCCNC(=N)N)C(=O)N[C@H](C(=O)NCC(=O)NC[C]=O)[C@H](C)O. The first-order chi connectivity index (χ1) is 15.9. The van der Waals surface area contributed by atoms with Gasteiger partial charge in [-0.05, 0) is 25.7 Å². The molecule has 0 bridgehead atoms. The maximum absolute atomic E-state index is 12.9. The van der Waals surface area contributed by atoms with Crippen molar-refractivity contribution in [3.8, 4) is 0 Å². The van der Waals surface area contributed by atoms with Crippen LogP contribution in [0, 0.1) is 11.3 Å². The molecule has 1 radical (unpaired) electrons. The van der Waals surface area contributed by atoms with Crippen LogP contribution in [-0.4, -0.2) is 84.8 Å². The second-order valence-electron chi connectivity index (χ2n) is 7.83. The van der Waals surface area contributed by atoms with Gasteiger partial charge in [0, 0.05) is 6.54 Å². The van der Waals surface area contributed by atoms with Crippen molar-refractivity contribution in [3.05, 3.63) is 0 Å². The van der Waals surface area contributed by atoms with Crippen molar-refractivity contribution < 1.29 is 29.1 Å². The van der Waals surface area contributed by atoms with Crippen LogP contribution < -0.4 is 38.1 Å². The summed E-state index contributed by atoms with van der Waals surface area (Å²) in [5.41, 5.74) is 11.1. The van der Waals surface area contributed by atoms with Crippen LogP contribution in [0.15, 0.2) is 0 Å². The highest BCUT2D eigenvalue weighted by Gasteiger charge is 2.32. The van der Waals surface area contributed by atoms with E-state index in [2.05, 4.69) is 26.6 Å². The van der Waals surface area contributed by atoms with E-state index >= 15 is 0 Å². The molecule has 0 fully saturated rings. The van der Waals surface area contributed by atoms with Crippen molar-refractivity contribution in [2.45, 2.75) is 64.3 Å². The van der Waals surface area contributed by atoms with Crippen molar-refractivity contribution in [1.29, 1.82) is 5.41 Å². The van der Waals surface area contributed by atoms with Crippen LogP contribution in [0.25, 0.3) is 0 Å². The third-order valence-corrected chi connectivity index (χ3v) is 4.98. The summed E-state index contributed by atoms with van der Waals surface area (Å²) >= 11 is 0. The van der Waals surface area contributed by atoms with Crippen molar-refractivity contribution in [1.82, 2.24) is 26.6 Å². The molecule has 0 aromatic heterocycles. The van der Waals surface area contributed by atoms with Crippen LogP contribution in [0.4, 0.5) is 0 Å². The van der Waals surface area contributed by atoms with Crippen molar-refractivity contribution in [3.63, 3.8) is 0 Å². The second-order valence-corrected chi connectivity index (χ2v) is 7.83. The van der Waals surface area contributed by atoms with E-state index in [-0.39, 0.29) is 24.8 Å². The first-order valence-corrected chi connectivity index (χ1v) is 11.0. The molecule has 0 saturated carbocycles. The summed E-state index contributed by atoms with van der Waals surface area (Å²) in [4.78, 5) is 59.5. The average Bonchev–Trinajstić information content (AvgIpc) is 2.79. The number of carbonyl (C=O) groups is 4. The van der Waals surface area contributed by atoms with E-state index in [1.54, 1.807) is 6.92 Å². The quantitative estimate of drug-likeness (QED) is 0.0593. The van der Waals surface area contributed by atoms with Crippen molar-refractivity contribution in [2.24, 2.45) is 17.4 Å². The summed E-state index contributed by atoms with van der Waals surface area (Å²) in [5, 5.41) is 29.1. The molecule has 4 amide bonds. The third kappa shape index (κ3) is 12.1. The number of nitrogens with one attached hydrogen (secondary N) is 6. The van der Waals surface area contributed by atoms with E-state index in [4.69, 9.17) is 16.9 Å². The van der Waals surface area contributed by atoms with E-state index in [1.165, 1.54) is 13.2 Å². The maximum Gasteiger partial charge on any atom is 0.245 e. The summed E-state index contributed by atoms with van der Waals surface area (Å²) in [6.07, 6.45) is 1.44. The lowest BCUT2D eigenvalue weighted by atomic mass is 9.97. The summed E-state index contributed by atoms with van der Waals surface area (Å²) < 4.78 is 0. The van der Waals surface area contributed by atoms with E-state index in [0.717, 1.165) is 0 Å². The normalized spacial score (nSPS) is 15.0. The Morgan fingerprint density at radius 3 is 2.15 bits per heavy atom. The molecule has 0 saturated heterocycles. The van der Waals surface area contributed by atoms with Gasteiger partial charge >= 0.3 is 0 Å². The van der Waals surface area contributed by atoms with Gasteiger partial charge in [0.1, 0.15) is 12.1 Å². The van der Waals surface area contributed by atoms with Crippen LogP contribution in [0.5, 0.6) is 0 Å². The van der Waals surface area contributed by atoms with E-state index in [1.807, 2.05) is 6.92 Å². The van der Waals surface area contributed by atoms with Crippen LogP contribution in [0.2, 0.25) is 0 Å². The smallest absolute Gasteiger partial charge is 0.245 e. The molecule has 0 heterocycles. The highest BCUT2D eigenvalue weighted by atomic mass is 16.3. The Labute approximate surface area is 198 Å². The Morgan fingerprint density at radius 1 is 1.00 bits per heavy atom. The molecule has 34 heavy (non-hydrogen) atoms. The number of hydrogen-bond acceptors (Lipinski definition) is 8. The third-order valence-electron chi connectivity index (χ3n) is 4.98. The summed E-state index contributed by atoms with van der Waals surface area (Å²) in [7, 11) is 0. The monoisotopic (exact) mass is 485 g/mol. The van der Waals surface area contributed by atoms with E-state index < -0.39 is 54.4 Å². The Bertz CT molecular complexity index is 717. The Morgan fingerprint density at radius 2 is 1.62 bits per heavy atom. The lowest BCUT2D eigenvalue weighted by molar-refractivity contribution is -0.135. The summed E-state index contributed by atoms with van der Waals surface area (Å²) in [5.74, 6) is -3.25. The Balaban J connectivity index is 5.09. The number of hydrogen-bond donors (Lipinski definition) is 9. The standard InChI is InChI=1S/C20H37N8O6/c1-4-11(2)15(27-17(32)13(21)6-5-7-25-20(22)23)19(34)28-16(12(3)30)18(33)26-10-14(31)24-8-9-29/h11-13,15-16,30H,4-8,10,21H2,1-3H3,(H,24,31)(H,26,33)(H,27,32)(H,28,34)(H4,22,23,25)/t11-,12-,13-,15-,16-/m0/s1. The molecule has 14 heteroatoms. The molecule has 0 spiro atoms. The van der Waals surface area contributed by atoms with Gasteiger partial charge in [-0.1, -0.05) is 20.3 Å². The average molecular weight is 486 g/mol. The number of amides is 4. The lowest BCUT2D eigenvalue weighted by Crippen LogP contribution is -2.60. The first-order valence-electron chi connectivity index (χ1n) is 11.0. The molecule has 0 aliphatic heterocycles. The topological polar surface area (TPSA) is 242 Å². The van der Waals surface area contributed by atoms with Gasteiger partial charge in [-0.3, -0.25) is 29.4 Å². The Kier molecular flexibility index (Phi) is 14.8. The number of aliphatic hydroxyl groups is 1. The van der Waals surface area contributed by atoms with Gasteiger partial charge in [-0.15, -0.1) is 0 Å². The molecule has 11 N–H and O–H groups in total. The fraction of sp³-hybridized carbons (Fsp3) is 0.700. The highest BCUT2D eigenvalue weighted by Crippen LogP contribution is 2.10. The molecular weight excluding hydrogens is 448 g/mol. The molecular formula is C20H37N8O6. The summed E-state index contributed by atoms with van der Waals surface area (Å²) in [6.45, 7) is 4.39. The number of carbonyl (C=O) groups excluding carboxylic acids is 5. The minimum Gasteiger partial charge on any atom is -0.391 e. The number of guanidine groups is 1. The largest absolute Gasteiger partial charge is 0.391 e. The zero-order chi connectivity index (χ0) is 26.3. The molecule has 0 unspecified atom stereocenters. The maximum atomic E-state index is 12.9. The van der Waals surface area contributed by atoms with Gasteiger partial charge in [-0.25, -0.2) is 0 Å². The number of rotatable bonds is 16. The molecule has 0 aromatic carbocycles. The van der Waals surface area contributed by atoms with Gasteiger partial charge in [0.15, 0.2) is 5.96 Å². The molecule has 0 aliphatic carbocycles. The fourth-order valence-corrected chi connectivity index (χ4v) is 2.76. The molecule has 14 nitrogen and oxygen atoms in total. The predicted molar refractivity (Wildman–Crippen MR) is 124 cm³/mol. The summed E-state index contributed by atoms with van der Waals surface area (Å²) in [6, 6.07) is -3.34. The number of nitrogens with two attached hydrogens (primary N) is 2. The molecule has 0 rings (SSSR count). The van der Waals surface area contributed by atoms with Crippen LogP contribution in [-0.2, 0) is 24.0 Å². The minimum absolute atomic E-state index is 0.191. The van der Waals surface area contributed by atoms with Gasteiger partial charge in [0.2, 0.25) is 29.9 Å². The zero-order valence-corrected chi connectivity index (χ0v) is 19.8. The number of aliphatic hydroxyl groups excluding tert-OH is 1. The lowest BCUT2D eigenvalue weighted by Gasteiger charge is -2.28. The van der Waals surface area contributed by atoms with Gasteiger partial charge in [0.05, 0.1) is 25.2 Å². The van der Waals surface area contributed by atoms with Gasteiger partial charge in [0.25, 0.3) is 0 Å². The predicted octanol–water partition coefficient (Wildman–Crippen LogP) is -3.68. The second kappa shape index (κ2) is 16.4. The van der Waals surface area contributed by atoms with Crippen molar-refractivity contribution in [2.75, 3.05) is 19.6 Å². The molecule has 193 valence electrons. The molecule has 0 aromatic rings.